The minimum Gasteiger partial charge on any atom is -0.480 e. The van der Waals surface area contributed by atoms with Crippen molar-refractivity contribution in [2.45, 2.75) is 55.5 Å². The van der Waals surface area contributed by atoms with Gasteiger partial charge < -0.3 is 21.5 Å². The molecular weight excluding hydrogens is 540 g/mol. The molecule has 2 atom stereocenters. The number of sulfonamides is 1. The molecule has 1 saturated heterocycles. The molecule has 0 aromatic heterocycles. The van der Waals surface area contributed by atoms with Crippen LogP contribution in [-0.4, -0.2) is 66.1 Å². The quantitative estimate of drug-likeness (QED) is 0.157. The number of carbonyl (C=O) groups is 4. The summed E-state index contributed by atoms with van der Waals surface area (Å²) in [5.74, 6) is -3.19. The van der Waals surface area contributed by atoms with Crippen LogP contribution in [0.25, 0.3) is 0 Å². The van der Waals surface area contributed by atoms with Crippen LogP contribution < -0.4 is 21.7 Å². The molecule has 0 unspecified atom stereocenters. The third kappa shape index (κ3) is 8.35. The number of rotatable bonds is 12. The van der Waals surface area contributed by atoms with Gasteiger partial charge in [0.1, 0.15) is 12.1 Å². The normalized spacial score (nSPS) is 16.1. The number of nitrogens with one attached hydrogen (secondary N) is 4. The van der Waals surface area contributed by atoms with Gasteiger partial charge in [0.25, 0.3) is 0 Å². The van der Waals surface area contributed by atoms with E-state index in [0.717, 1.165) is 4.31 Å². The molecule has 1 heterocycles. The van der Waals surface area contributed by atoms with Gasteiger partial charge in [-0.05, 0) is 49.1 Å². The zero-order valence-electron chi connectivity index (χ0n) is 21.6. The van der Waals surface area contributed by atoms with E-state index in [0.29, 0.717) is 17.7 Å². The highest BCUT2D eigenvalue weighted by atomic mass is 32.2. The maximum atomic E-state index is 13.1. The molecule has 40 heavy (non-hydrogen) atoms. The lowest BCUT2D eigenvalue weighted by Crippen LogP contribution is -2.51. The van der Waals surface area contributed by atoms with Crippen LogP contribution in [0.1, 0.15) is 37.7 Å². The summed E-state index contributed by atoms with van der Waals surface area (Å²) in [7, 11) is -3.92. The fraction of sp³-hybridized carbons (Fsp3) is 0.346. The Balaban J connectivity index is 1.56. The van der Waals surface area contributed by atoms with E-state index in [2.05, 4.69) is 16.0 Å². The summed E-state index contributed by atoms with van der Waals surface area (Å²) in [5.41, 5.74) is 6.11. The van der Waals surface area contributed by atoms with E-state index >= 15 is 0 Å². The smallest absolute Gasteiger partial charge is 0.326 e. The van der Waals surface area contributed by atoms with Crippen molar-refractivity contribution < 1.29 is 32.7 Å². The zero-order chi connectivity index (χ0) is 29.3. The summed E-state index contributed by atoms with van der Waals surface area (Å²) in [6.45, 7) is 0.159. The molecule has 14 heteroatoms. The lowest BCUT2D eigenvalue weighted by atomic mass is 10.0. The summed E-state index contributed by atoms with van der Waals surface area (Å²) in [6.07, 6.45) is 1.05. The van der Waals surface area contributed by atoms with E-state index in [1.165, 1.54) is 12.1 Å². The van der Waals surface area contributed by atoms with Crippen LogP contribution in [0.3, 0.4) is 0 Å². The Morgan fingerprint density at radius 3 is 2.30 bits per heavy atom. The fourth-order valence-corrected chi connectivity index (χ4v) is 5.97. The monoisotopic (exact) mass is 572 g/mol. The maximum absolute atomic E-state index is 13.1. The highest BCUT2D eigenvalue weighted by molar-refractivity contribution is 7.89. The minimum absolute atomic E-state index is 0.0328. The van der Waals surface area contributed by atoms with Crippen molar-refractivity contribution >= 4 is 45.4 Å². The number of amides is 3. The zero-order valence-corrected chi connectivity index (χ0v) is 22.4. The van der Waals surface area contributed by atoms with Gasteiger partial charge in [-0.2, -0.15) is 4.31 Å². The van der Waals surface area contributed by atoms with Crippen LogP contribution in [0.4, 0.5) is 5.69 Å². The number of aliphatic carboxylic acids is 1. The second-order valence-corrected chi connectivity index (χ2v) is 11.1. The van der Waals surface area contributed by atoms with E-state index in [1.807, 2.05) is 0 Å². The molecule has 2 aromatic rings. The molecule has 3 rings (SSSR count). The number of carbonyl (C=O) groups excluding carboxylic acids is 3. The van der Waals surface area contributed by atoms with Crippen molar-refractivity contribution in [3.63, 3.8) is 0 Å². The number of carboxylic acids is 1. The molecule has 0 bridgehead atoms. The first-order valence-corrected chi connectivity index (χ1v) is 14.0. The van der Waals surface area contributed by atoms with Crippen LogP contribution >= 0.6 is 0 Å². The Morgan fingerprint density at radius 2 is 1.68 bits per heavy atom. The Bertz CT molecular complexity index is 1350. The average molecular weight is 573 g/mol. The first-order chi connectivity index (χ1) is 19.0. The lowest BCUT2D eigenvalue weighted by molar-refractivity contribution is -0.142. The molecule has 3 amide bonds. The topological polar surface area (TPSA) is 212 Å². The summed E-state index contributed by atoms with van der Waals surface area (Å²) in [5, 5.41) is 24.0. The van der Waals surface area contributed by atoms with Crippen molar-refractivity contribution in [3.8, 4) is 0 Å². The number of nitrogens with zero attached hydrogens (tertiary/aromatic N) is 1. The van der Waals surface area contributed by atoms with E-state index in [9.17, 15) is 32.7 Å². The largest absolute Gasteiger partial charge is 0.480 e. The second-order valence-electron chi connectivity index (χ2n) is 9.25. The molecule has 0 saturated carbocycles. The first kappa shape index (κ1) is 30.2. The number of hydrogen-bond donors (Lipinski definition) is 6. The Labute approximate surface area is 231 Å². The highest BCUT2D eigenvalue weighted by Gasteiger charge is 2.40. The Kier molecular flexibility index (Phi) is 10.3. The van der Waals surface area contributed by atoms with Gasteiger partial charge in [0.15, 0.2) is 5.96 Å². The summed E-state index contributed by atoms with van der Waals surface area (Å²) < 4.78 is 27.2. The maximum Gasteiger partial charge on any atom is 0.326 e. The number of carboxylic acid groups (broad SMARTS) is 1. The molecule has 2 aromatic carbocycles. The van der Waals surface area contributed by atoms with Gasteiger partial charge in [-0.15, -0.1) is 0 Å². The third-order valence-corrected chi connectivity index (χ3v) is 8.15. The van der Waals surface area contributed by atoms with E-state index in [1.54, 1.807) is 42.5 Å². The molecule has 13 nitrogen and oxygen atoms in total. The summed E-state index contributed by atoms with van der Waals surface area (Å²) >= 11 is 0. The van der Waals surface area contributed by atoms with E-state index in [4.69, 9.17) is 11.1 Å². The molecule has 1 aliphatic heterocycles. The SMILES string of the molecule is N=C(N)NC(=O)CCCC(=O)Nc1ccc(C[C@H](NC(=O)[C@@H]2CCCN2S(=O)(=O)c2ccccc2)C(=O)O)cc1. The van der Waals surface area contributed by atoms with Crippen molar-refractivity contribution in [3.05, 3.63) is 60.2 Å². The van der Waals surface area contributed by atoms with Crippen LogP contribution in [0.2, 0.25) is 0 Å². The molecule has 0 aliphatic carbocycles. The predicted molar refractivity (Wildman–Crippen MR) is 146 cm³/mol. The average Bonchev–Trinajstić information content (AvgIpc) is 3.41. The standard InChI is InChI=1S/C26H32N6O7S/c27-26(28)31-23(34)10-4-9-22(33)29-18-13-11-17(12-14-18)16-20(25(36)37)30-24(35)21-8-5-15-32(21)40(38,39)19-6-2-1-3-7-19/h1-3,6-7,11-14,20-21H,4-5,8-10,15-16H2,(H,29,33)(H,30,35)(H,36,37)(H4,27,28,31,34)/t20-,21-/m0/s1. The molecule has 1 aliphatic rings. The highest BCUT2D eigenvalue weighted by Crippen LogP contribution is 2.26. The number of guanidine groups is 1. The number of nitrogens with two attached hydrogens (primary N) is 1. The number of benzene rings is 2. The lowest BCUT2D eigenvalue weighted by Gasteiger charge is -2.25. The second kappa shape index (κ2) is 13.7. The Morgan fingerprint density at radius 1 is 1.02 bits per heavy atom. The molecule has 1 fully saturated rings. The van der Waals surface area contributed by atoms with Crippen LogP contribution in [0.5, 0.6) is 0 Å². The first-order valence-electron chi connectivity index (χ1n) is 12.6. The summed E-state index contributed by atoms with van der Waals surface area (Å²) in [6, 6.07) is 11.8. The Hall–Kier alpha value is -4.30. The van der Waals surface area contributed by atoms with E-state index < -0.39 is 45.9 Å². The van der Waals surface area contributed by atoms with Gasteiger partial charge in [0.05, 0.1) is 4.90 Å². The van der Waals surface area contributed by atoms with Crippen LogP contribution in [0.15, 0.2) is 59.5 Å². The molecule has 0 radical (unpaired) electrons. The van der Waals surface area contributed by atoms with Crippen molar-refractivity contribution in [2.75, 3.05) is 11.9 Å². The number of hydrogen-bond acceptors (Lipinski definition) is 7. The molecule has 0 spiro atoms. The van der Waals surface area contributed by atoms with Gasteiger partial charge in [-0.25, -0.2) is 13.2 Å². The van der Waals surface area contributed by atoms with Gasteiger partial charge in [-0.1, -0.05) is 30.3 Å². The van der Waals surface area contributed by atoms with Crippen molar-refractivity contribution in [1.82, 2.24) is 14.9 Å². The van der Waals surface area contributed by atoms with Gasteiger partial charge in [0.2, 0.25) is 27.7 Å². The number of anilines is 1. The molecule has 7 N–H and O–H groups in total. The van der Waals surface area contributed by atoms with Crippen molar-refractivity contribution in [1.29, 1.82) is 5.41 Å². The van der Waals surface area contributed by atoms with E-state index in [-0.39, 0.29) is 49.5 Å². The summed E-state index contributed by atoms with van der Waals surface area (Å²) in [4.78, 5) is 48.6. The fourth-order valence-electron chi connectivity index (χ4n) is 4.29. The molecule has 214 valence electrons. The van der Waals surface area contributed by atoms with Gasteiger partial charge >= 0.3 is 5.97 Å². The van der Waals surface area contributed by atoms with Crippen molar-refractivity contribution in [2.24, 2.45) is 5.73 Å². The van der Waals surface area contributed by atoms with Crippen LogP contribution in [-0.2, 0) is 35.6 Å². The van der Waals surface area contributed by atoms with Gasteiger partial charge in [-0.3, -0.25) is 25.1 Å². The predicted octanol–water partition coefficient (Wildman–Crippen LogP) is 0.770. The van der Waals surface area contributed by atoms with Crippen LogP contribution in [0, 0.1) is 5.41 Å². The molecular formula is C26H32N6O7S. The third-order valence-electron chi connectivity index (χ3n) is 6.23. The minimum atomic E-state index is -3.92. The van der Waals surface area contributed by atoms with Gasteiger partial charge in [0, 0.05) is 31.5 Å².